The molecule has 1 fully saturated rings. The van der Waals surface area contributed by atoms with E-state index in [1.54, 1.807) is 4.90 Å². The van der Waals surface area contributed by atoms with E-state index >= 15 is 0 Å². The van der Waals surface area contributed by atoms with Gasteiger partial charge in [0.2, 0.25) is 0 Å². The van der Waals surface area contributed by atoms with E-state index in [-0.39, 0.29) is 40.6 Å². The van der Waals surface area contributed by atoms with E-state index in [4.69, 9.17) is 14.0 Å². The Labute approximate surface area is 145 Å². The molecule has 0 atom stereocenters. The van der Waals surface area contributed by atoms with Crippen molar-refractivity contribution in [3.63, 3.8) is 0 Å². The minimum absolute atomic E-state index is 0.00408. The van der Waals surface area contributed by atoms with Gasteiger partial charge in [-0.05, 0) is 11.0 Å². The normalized spacial score (nSPS) is 15.8. The number of fused-ring (bicyclic) bond motifs is 1. The number of benzene rings is 1. The van der Waals surface area contributed by atoms with E-state index in [0.717, 1.165) is 6.07 Å². The largest absolute Gasteiger partial charge is 0.534 e. The number of anilines is 1. The van der Waals surface area contributed by atoms with Crippen LogP contribution in [0, 0.1) is 5.21 Å². The number of hydrogen-bond donors (Lipinski definition) is 0. The third-order valence-corrected chi connectivity index (χ3v) is 4.56. The molecule has 1 aromatic carbocycles. The van der Waals surface area contributed by atoms with Gasteiger partial charge in [0, 0.05) is 18.7 Å². The SMILES string of the molecule is COCc1cc2c(N3CCOC3)[n+]([O-])oc2cc1OS(=O)(=O)C(F)(F)F. The fourth-order valence-corrected chi connectivity index (χ4v) is 2.95. The van der Waals surface area contributed by atoms with Gasteiger partial charge in [-0.15, -0.1) is 0 Å². The second kappa shape index (κ2) is 6.48. The molecule has 13 heteroatoms. The van der Waals surface area contributed by atoms with Gasteiger partial charge in [-0.3, -0.25) is 0 Å². The summed E-state index contributed by atoms with van der Waals surface area (Å²) in [7, 11) is -4.62. The predicted octanol–water partition coefficient (Wildman–Crippen LogP) is 1.24. The van der Waals surface area contributed by atoms with Crippen LogP contribution in [0.1, 0.15) is 5.56 Å². The Kier molecular flexibility index (Phi) is 4.62. The standard InChI is InChI=1S/C13H13F3N2O7S/c1-22-6-8-4-9-11(5-10(8)25-26(20,21)13(14,15)16)24-18(19)12(9)17-2-3-23-7-17/h4-5H,2-3,6-7H2,1H3. The smallest absolute Gasteiger partial charge is 0.439 e. The number of nitrogens with zero attached hydrogens (tertiary/aromatic N) is 2. The van der Waals surface area contributed by atoms with Crippen molar-refractivity contribution in [1.29, 1.82) is 0 Å². The lowest BCUT2D eigenvalue weighted by molar-refractivity contribution is -0.777. The summed E-state index contributed by atoms with van der Waals surface area (Å²) in [6.45, 7) is 0.690. The first kappa shape index (κ1) is 18.5. The lowest BCUT2D eigenvalue weighted by Gasteiger charge is -2.13. The van der Waals surface area contributed by atoms with E-state index < -0.39 is 21.4 Å². The highest BCUT2D eigenvalue weighted by Gasteiger charge is 2.49. The monoisotopic (exact) mass is 398 g/mol. The molecule has 0 saturated carbocycles. The molecule has 9 nitrogen and oxygen atoms in total. The van der Waals surface area contributed by atoms with E-state index in [1.807, 2.05) is 0 Å². The van der Waals surface area contributed by atoms with Gasteiger partial charge >= 0.3 is 21.4 Å². The zero-order valence-electron chi connectivity index (χ0n) is 13.3. The Hall–Kier alpha value is -2.25. The van der Waals surface area contributed by atoms with Gasteiger partial charge < -0.3 is 23.4 Å². The molecule has 1 aliphatic heterocycles. The zero-order chi connectivity index (χ0) is 19.1. The van der Waals surface area contributed by atoms with Crippen LogP contribution in [0.5, 0.6) is 5.75 Å². The van der Waals surface area contributed by atoms with Crippen molar-refractivity contribution in [2.75, 3.05) is 31.9 Å². The number of methoxy groups -OCH3 is 1. The number of alkyl halides is 3. The second-order valence-corrected chi connectivity index (χ2v) is 6.88. The summed E-state index contributed by atoms with van der Waals surface area (Å²) >= 11 is 0. The first-order valence-corrected chi connectivity index (χ1v) is 8.56. The molecule has 1 aliphatic rings. The van der Waals surface area contributed by atoms with Crippen LogP contribution in [-0.4, -0.2) is 40.9 Å². The summed E-state index contributed by atoms with van der Waals surface area (Å²) in [5, 5.41) is 12.3. The van der Waals surface area contributed by atoms with Crippen LogP contribution in [0.15, 0.2) is 16.7 Å². The summed E-state index contributed by atoms with van der Waals surface area (Å²) in [6, 6.07) is 2.19. The van der Waals surface area contributed by atoms with Crippen molar-refractivity contribution in [2.24, 2.45) is 0 Å². The van der Waals surface area contributed by atoms with Crippen LogP contribution >= 0.6 is 0 Å². The van der Waals surface area contributed by atoms with E-state index in [0.29, 0.717) is 13.2 Å². The van der Waals surface area contributed by atoms with Crippen molar-refractivity contribution >= 4 is 26.9 Å². The van der Waals surface area contributed by atoms with Gasteiger partial charge in [0.25, 0.3) is 0 Å². The number of halogens is 3. The molecule has 0 radical (unpaired) electrons. The highest BCUT2D eigenvalue weighted by molar-refractivity contribution is 7.88. The fraction of sp³-hybridized carbons (Fsp3) is 0.462. The van der Waals surface area contributed by atoms with Gasteiger partial charge in [-0.25, -0.2) is 4.90 Å². The molecule has 0 aliphatic carbocycles. The first-order chi connectivity index (χ1) is 12.1. The van der Waals surface area contributed by atoms with Crippen molar-refractivity contribution < 1.29 is 44.7 Å². The fourth-order valence-electron chi connectivity index (χ4n) is 2.47. The molecule has 2 aromatic rings. The summed E-state index contributed by atoms with van der Waals surface area (Å²) in [5.74, 6) is -0.546. The summed E-state index contributed by atoms with van der Waals surface area (Å²) < 4.78 is 79.5. The van der Waals surface area contributed by atoms with Crippen molar-refractivity contribution in [1.82, 2.24) is 0 Å². The maximum atomic E-state index is 12.6. The van der Waals surface area contributed by atoms with Gasteiger partial charge in [0.05, 0.1) is 24.2 Å². The Morgan fingerprint density at radius 2 is 2.12 bits per heavy atom. The van der Waals surface area contributed by atoms with Gasteiger partial charge in [-0.2, -0.15) is 21.6 Å². The average Bonchev–Trinajstić information content (AvgIpc) is 3.13. The summed E-state index contributed by atoms with van der Waals surface area (Å²) in [5.41, 5.74) is -5.75. The van der Waals surface area contributed by atoms with Crippen LogP contribution in [0.4, 0.5) is 19.0 Å². The molecule has 3 rings (SSSR count). The number of aromatic nitrogens is 1. The van der Waals surface area contributed by atoms with Crippen LogP contribution in [0.3, 0.4) is 0 Å². The second-order valence-electron chi connectivity index (χ2n) is 5.35. The van der Waals surface area contributed by atoms with Crippen LogP contribution in [0.25, 0.3) is 11.0 Å². The quantitative estimate of drug-likeness (QED) is 0.421. The van der Waals surface area contributed by atoms with Crippen LogP contribution < -0.4 is 14.0 Å². The number of hydrogen-bond acceptors (Lipinski definition) is 8. The predicted molar refractivity (Wildman–Crippen MR) is 79.7 cm³/mol. The molecule has 1 aromatic heterocycles. The number of rotatable bonds is 5. The molecule has 2 heterocycles. The zero-order valence-corrected chi connectivity index (χ0v) is 14.1. The lowest BCUT2D eigenvalue weighted by Crippen LogP contribution is -2.34. The molecule has 0 bridgehead atoms. The minimum Gasteiger partial charge on any atom is -0.439 e. The molecule has 144 valence electrons. The van der Waals surface area contributed by atoms with Crippen LogP contribution in [0.2, 0.25) is 0 Å². The Morgan fingerprint density at radius 3 is 2.69 bits per heavy atom. The molecule has 1 saturated heterocycles. The van der Waals surface area contributed by atoms with Crippen LogP contribution in [-0.2, 0) is 26.2 Å². The maximum absolute atomic E-state index is 12.6. The van der Waals surface area contributed by atoms with Crippen molar-refractivity contribution in [2.45, 2.75) is 12.1 Å². The van der Waals surface area contributed by atoms with E-state index in [9.17, 15) is 26.8 Å². The minimum atomic E-state index is -5.89. The molecule has 0 N–H and O–H groups in total. The maximum Gasteiger partial charge on any atom is 0.534 e. The topological polar surface area (TPSA) is 105 Å². The molecule has 0 amide bonds. The van der Waals surface area contributed by atoms with Crippen molar-refractivity contribution in [3.8, 4) is 5.75 Å². The Balaban J connectivity index is 2.11. The summed E-state index contributed by atoms with van der Waals surface area (Å²) in [6.07, 6.45) is 0. The average molecular weight is 398 g/mol. The lowest BCUT2D eigenvalue weighted by atomic mass is 10.1. The van der Waals surface area contributed by atoms with Gasteiger partial charge in [-0.1, -0.05) is 0 Å². The van der Waals surface area contributed by atoms with Crippen molar-refractivity contribution in [3.05, 3.63) is 22.9 Å². The van der Waals surface area contributed by atoms with Gasteiger partial charge in [0.15, 0.2) is 6.73 Å². The Bertz CT molecular complexity index is 920. The third kappa shape index (κ3) is 3.24. The molecule has 0 spiro atoms. The molecule has 0 unspecified atom stereocenters. The van der Waals surface area contributed by atoms with E-state index in [1.165, 1.54) is 13.2 Å². The molecular weight excluding hydrogens is 385 g/mol. The molecule has 26 heavy (non-hydrogen) atoms. The Morgan fingerprint density at radius 1 is 1.38 bits per heavy atom. The van der Waals surface area contributed by atoms with Gasteiger partial charge in [0.1, 0.15) is 12.3 Å². The summed E-state index contributed by atoms with van der Waals surface area (Å²) in [4.78, 5) is 1.75. The van der Waals surface area contributed by atoms with E-state index in [2.05, 4.69) is 4.18 Å². The highest BCUT2D eigenvalue weighted by Crippen LogP contribution is 2.35. The highest BCUT2D eigenvalue weighted by atomic mass is 32.2. The molecular formula is C13H13F3N2O7S. The third-order valence-electron chi connectivity index (χ3n) is 3.59. The number of ether oxygens (including phenoxy) is 2. The first-order valence-electron chi connectivity index (χ1n) is 7.16.